The first kappa shape index (κ1) is 14.8. The van der Waals surface area contributed by atoms with Crippen molar-refractivity contribution in [2.45, 2.75) is 32.8 Å². The molecule has 0 aliphatic rings. The van der Waals surface area contributed by atoms with Crippen molar-refractivity contribution in [1.29, 1.82) is 0 Å². The molecule has 0 amide bonds. The molecular formula is C14H22O4. The van der Waals surface area contributed by atoms with E-state index in [-0.39, 0.29) is 6.61 Å². The first-order valence-electron chi connectivity index (χ1n) is 6.07. The second-order valence-corrected chi connectivity index (χ2v) is 4.33. The zero-order chi connectivity index (χ0) is 13.7. The lowest BCUT2D eigenvalue weighted by atomic mass is 9.97. The van der Waals surface area contributed by atoms with E-state index in [2.05, 4.69) is 0 Å². The van der Waals surface area contributed by atoms with Crippen molar-refractivity contribution >= 4 is 0 Å². The van der Waals surface area contributed by atoms with Crippen molar-refractivity contribution in [3.8, 4) is 11.5 Å². The molecule has 0 aromatic heterocycles. The summed E-state index contributed by atoms with van der Waals surface area (Å²) < 4.78 is 10.7. The minimum atomic E-state index is -0.653. The molecule has 0 saturated carbocycles. The molecular weight excluding hydrogens is 232 g/mol. The van der Waals surface area contributed by atoms with E-state index in [1.165, 1.54) is 0 Å². The van der Waals surface area contributed by atoms with E-state index in [1.54, 1.807) is 14.2 Å². The van der Waals surface area contributed by atoms with Crippen LogP contribution in [0.15, 0.2) is 6.07 Å². The quantitative estimate of drug-likeness (QED) is 0.816. The Hall–Kier alpha value is -1.26. The SMILES string of the molecule is COc1cc(C(O)CCCO)c(OC)c(C)c1C. The minimum Gasteiger partial charge on any atom is -0.496 e. The third kappa shape index (κ3) is 2.94. The van der Waals surface area contributed by atoms with Gasteiger partial charge in [-0.2, -0.15) is 0 Å². The Morgan fingerprint density at radius 1 is 1.17 bits per heavy atom. The molecule has 0 aliphatic carbocycles. The van der Waals surface area contributed by atoms with Gasteiger partial charge in [-0.25, -0.2) is 0 Å². The molecule has 0 bridgehead atoms. The standard InChI is InChI=1S/C14H22O4/c1-9-10(2)14(18-4)11(8-13(9)17-3)12(16)6-5-7-15/h8,12,15-16H,5-7H2,1-4H3. The summed E-state index contributed by atoms with van der Waals surface area (Å²) in [5.74, 6) is 1.44. The van der Waals surface area contributed by atoms with Crippen LogP contribution >= 0.6 is 0 Å². The number of hydrogen-bond acceptors (Lipinski definition) is 4. The molecule has 4 nitrogen and oxygen atoms in total. The summed E-state index contributed by atoms with van der Waals surface area (Å²) in [6.07, 6.45) is 0.401. The van der Waals surface area contributed by atoms with E-state index in [0.29, 0.717) is 24.2 Å². The topological polar surface area (TPSA) is 58.9 Å². The summed E-state index contributed by atoms with van der Waals surface area (Å²) in [4.78, 5) is 0. The Bertz CT molecular complexity index is 401. The summed E-state index contributed by atoms with van der Waals surface area (Å²) in [6, 6.07) is 1.81. The Balaban J connectivity index is 3.20. The van der Waals surface area contributed by atoms with Crippen LogP contribution in [0.1, 0.15) is 35.6 Å². The van der Waals surface area contributed by atoms with Crippen LogP contribution in [0.25, 0.3) is 0 Å². The average Bonchev–Trinajstić information content (AvgIpc) is 2.38. The van der Waals surface area contributed by atoms with Crippen LogP contribution in [0.5, 0.6) is 11.5 Å². The molecule has 0 radical (unpaired) electrons. The number of aliphatic hydroxyl groups is 2. The Morgan fingerprint density at radius 2 is 1.83 bits per heavy atom. The van der Waals surface area contributed by atoms with Gasteiger partial charge in [0.25, 0.3) is 0 Å². The van der Waals surface area contributed by atoms with E-state index >= 15 is 0 Å². The lowest BCUT2D eigenvalue weighted by Gasteiger charge is -2.20. The fraction of sp³-hybridized carbons (Fsp3) is 0.571. The molecule has 4 heteroatoms. The molecule has 0 aliphatic heterocycles. The number of aliphatic hydroxyl groups excluding tert-OH is 2. The van der Waals surface area contributed by atoms with Crippen molar-refractivity contribution in [3.05, 3.63) is 22.8 Å². The van der Waals surface area contributed by atoms with Gasteiger partial charge in [-0.15, -0.1) is 0 Å². The van der Waals surface area contributed by atoms with E-state index in [4.69, 9.17) is 14.6 Å². The fourth-order valence-corrected chi connectivity index (χ4v) is 2.06. The van der Waals surface area contributed by atoms with Gasteiger partial charge in [0, 0.05) is 12.2 Å². The molecule has 1 aromatic rings. The van der Waals surface area contributed by atoms with Gasteiger partial charge in [-0.3, -0.25) is 0 Å². The fourth-order valence-electron chi connectivity index (χ4n) is 2.06. The van der Waals surface area contributed by atoms with Crippen molar-refractivity contribution in [2.75, 3.05) is 20.8 Å². The lowest BCUT2D eigenvalue weighted by Crippen LogP contribution is -2.05. The summed E-state index contributed by atoms with van der Waals surface area (Å²) in [5.41, 5.74) is 2.69. The molecule has 18 heavy (non-hydrogen) atoms. The number of benzene rings is 1. The van der Waals surface area contributed by atoms with E-state index in [9.17, 15) is 5.11 Å². The average molecular weight is 254 g/mol. The third-order valence-corrected chi connectivity index (χ3v) is 3.24. The van der Waals surface area contributed by atoms with Gasteiger partial charge in [0.2, 0.25) is 0 Å². The highest BCUT2D eigenvalue weighted by molar-refractivity contribution is 5.53. The highest BCUT2D eigenvalue weighted by Gasteiger charge is 2.19. The van der Waals surface area contributed by atoms with Gasteiger partial charge < -0.3 is 19.7 Å². The molecule has 0 heterocycles. The summed E-state index contributed by atoms with van der Waals surface area (Å²) in [5, 5.41) is 19.0. The monoisotopic (exact) mass is 254 g/mol. The van der Waals surface area contributed by atoms with Crippen LogP contribution in [0.2, 0.25) is 0 Å². The van der Waals surface area contributed by atoms with E-state index in [0.717, 1.165) is 16.9 Å². The molecule has 102 valence electrons. The molecule has 1 unspecified atom stereocenters. The molecule has 1 atom stereocenters. The maximum Gasteiger partial charge on any atom is 0.128 e. The Morgan fingerprint density at radius 3 is 2.33 bits per heavy atom. The number of hydrogen-bond donors (Lipinski definition) is 2. The van der Waals surface area contributed by atoms with Gasteiger partial charge in [0.15, 0.2) is 0 Å². The lowest BCUT2D eigenvalue weighted by molar-refractivity contribution is 0.148. The summed E-state index contributed by atoms with van der Waals surface area (Å²) >= 11 is 0. The first-order valence-corrected chi connectivity index (χ1v) is 6.07. The smallest absolute Gasteiger partial charge is 0.128 e. The molecule has 2 N–H and O–H groups in total. The van der Waals surface area contributed by atoms with Crippen LogP contribution in [0, 0.1) is 13.8 Å². The highest BCUT2D eigenvalue weighted by Crippen LogP contribution is 2.37. The Labute approximate surface area is 108 Å². The molecule has 1 aromatic carbocycles. The zero-order valence-electron chi connectivity index (χ0n) is 11.5. The maximum absolute atomic E-state index is 10.2. The first-order chi connectivity index (χ1) is 8.56. The Kier molecular flexibility index (Phi) is 5.44. The highest BCUT2D eigenvalue weighted by atomic mass is 16.5. The molecule has 0 fully saturated rings. The normalized spacial score (nSPS) is 12.3. The van der Waals surface area contributed by atoms with Gasteiger partial charge >= 0.3 is 0 Å². The van der Waals surface area contributed by atoms with Crippen LogP contribution < -0.4 is 9.47 Å². The molecule has 0 spiro atoms. The molecule has 1 rings (SSSR count). The van der Waals surface area contributed by atoms with Crippen LogP contribution in [0.4, 0.5) is 0 Å². The largest absolute Gasteiger partial charge is 0.496 e. The van der Waals surface area contributed by atoms with Crippen molar-refractivity contribution in [1.82, 2.24) is 0 Å². The second kappa shape index (κ2) is 6.61. The number of ether oxygens (including phenoxy) is 2. The van der Waals surface area contributed by atoms with Crippen LogP contribution in [-0.2, 0) is 0 Å². The second-order valence-electron chi connectivity index (χ2n) is 4.33. The summed E-state index contributed by atoms with van der Waals surface area (Å²) in [7, 11) is 3.20. The van der Waals surface area contributed by atoms with Crippen LogP contribution in [0.3, 0.4) is 0 Å². The number of methoxy groups -OCH3 is 2. The van der Waals surface area contributed by atoms with Crippen molar-refractivity contribution < 1.29 is 19.7 Å². The zero-order valence-corrected chi connectivity index (χ0v) is 11.5. The van der Waals surface area contributed by atoms with Gasteiger partial charge in [0.05, 0.1) is 20.3 Å². The van der Waals surface area contributed by atoms with Crippen LogP contribution in [-0.4, -0.2) is 31.0 Å². The molecule has 0 saturated heterocycles. The van der Waals surface area contributed by atoms with E-state index < -0.39 is 6.10 Å². The summed E-state index contributed by atoms with van der Waals surface area (Å²) in [6.45, 7) is 3.97. The predicted molar refractivity (Wildman–Crippen MR) is 70.3 cm³/mol. The van der Waals surface area contributed by atoms with Gasteiger partial charge in [-0.1, -0.05) is 0 Å². The predicted octanol–water partition coefficient (Wildman–Crippen LogP) is 2.13. The van der Waals surface area contributed by atoms with Gasteiger partial charge in [-0.05, 0) is 43.9 Å². The number of rotatable bonds is 6. The maximum atomic E-state index is 10.2. The minimum absolute atomic E-state index is 0.0708. The van der Waals surface area contributed by atoms with Crippen molar-refractivity contribution in [3.63, 3.8) is 0 Å². The van der Waals surface area contributed by atoms with Gasteiger partial charge in [0.1, 0.15) is 11.5 Å². The van der Waals surface area contributed by atoms with Crippen molar-refractivity contribution in [2.24, 2.45) is 0 Å². The third-order valence-electron chi connectivity index (χ3n) is 3.24. The van der Waals surface area contributed by atoms with E-state index in [1.807, 2.05) is 19.9 Å².